The first-order chi connectivity index (χ1) is 16.4. The van der Waals surface area contributed by atoms with Gasteiger partial charge in [0, 0.05) is 29.6 Å². The van der Waals surface area contributed by atoms with Gasteiger partial charge in [0.2, 0.25) is 0 Å². The molecule has 0 fully saturated rings. The van der Waals surface area contributed by atoms with Gasteiger partial charge in [-0.05, 0) is 55.6 Å². The van der Waals surface area contributed by atoms with Gasteiger partial charge in [0.25, 0.3) is 11.5 Å². The van der Waals surface area contributed by atoms with Gasteiger partial charge in [-0.15, -0.1) is 5.10 Å². The number of benzene rings is 2. The summed E-state index contributed by atoms with van der Waals surface area (Å²) >= 11 is 5.80. The zero-order chi connectivity index (χ0) is 24.2. The molecule has 0 atom stereocenters. The second kappa shape index (κ2) is 10.1. The van der Waals surface area contributed by atoms with Gasteiger partial charge in [0.1, 0.15) is 11.5 Å². The number of amides is 1. The molecule has 8 nitrogen and oxygen atoms in total. The van der Waals surface area contributed by atoms with Crippen LogP contribution in [0.1, 0.15) is 24.2 Å². The van der Waals surface area contributed by atoms with Crippen LogP contribution < -0.4 is 10.9 Å². The third-order valence-corrected chi connectivity index (χ3v) is 5.95. The molecule has 0 bridgehead atoms. The minimum absolute atomic E-state index is 0.0668. The molecule has 0 aliphatic rings. The number of H-pyrrole nitrogens is 1. The maximum atomic E-state index is 13.8. The molecular formula is C24H24ClFN6O2. The largest absolute Gasteiger partial charge is 0.351 e. The van der Waals surface area contributed by atoms with Crippen LogP contribution in [0.15, 0.2) is 53.5 Å². The maximum Gasteiger partial charge on any atom is 0.258 e. The third kappa shape index (κ3) is 5.00. The number of aromatic amines is 1. The Hall–Kier alpha value is -3.56. The SMILES string of the molecule is CCN(CC)CCNC(=O)c1ccc(-n2cc(-c3cc4cc(F)c(Cl)cc4[nH]c3=O)nn2)cc1. The van der Waals surface area contributed by atoms with Crippen molar-refractivity contribution in [2.24, 2.45) is 0 Å². The molecule has 176 valence electrons. The third-order valence-electron chi connectivity index (χ3n) is 5.66. The number of carbonyl (C=O) groups excluding carboxylic acids is 1. The fourth-order valence-electron chi connectivity index (χ4n) is 3.64. The van der Waals surface area contributed by atoms with Crippen LogP contribution in [-0.2, 0) is 0 Å². The van der Waals surface area contributed by atoms with Crippen molar-refractivity contribution in [1.29, 1.82) is 0 Å². The molecule has 0 spiro atoms. The molecule has 0 saturated carbocycles. The zero-order valence-corrected chi connectivity index (χ0v) is 19.6. The van der Waals surface area contributed by atoms with E-state index in [0.717, 1.165) is 19.6 Å². The normalized spacial score (nSPS) is 11.3. The number of aromatic nitrogens is 4. The lowest BCUT2D eigenvalue weighted by molar-refractivity contribution is 0.0949. The molecule has 0 radical (unpaired) electrons. The van der Waals surface area contributed by atoms with Crippen molar-refractivity contribution in [2.45, 2.75) is 13.8 Å². The van der Waals surface area contributed by atoms with Crippen molar-refractivity contribution in [3.8, 4) is 16.9 Å². The number of hydrogen-bond acceptors (Lipinski definition) is 5. The van der Waals surface area contributed by atoms with Crippen LogP contribution in [-0.4, -0.2) is 57.0 Å². The predicted molar refractivity (Wildman–Crippen MR) is 130 cm³/mol. The van der Waals surface area contributed by atoms with E-state index < -0.39 is 5.82 Å². The Kier molecular flexibility index (Phi) is 7.04. The lowest BCUT2D eigenvalue weighted by Gasteiger charge is -2.17. The smallest absolute Gasteiger partial charge is 0.258 e. The van der Waals surface area contributed by atoms with E-state index in [2.05, 4.69) is 39.4 Å². The number of rotatable bonds is 8. The molecule has 10 heteroatoms. The van der Waals surface area contributed by atoms with E-state index in [1.807, 2.05) is 0 Å². The fraction of sp³-hybridized carbons (Fsp3) is 0.250. The van der Waals surface area contributed by atoms with Crippen LogP contribution in [0.5, 0.6) is 0 Å². The van der Waals surface area contributed by atoms with Crippen molar-refractivity contribution in [3.05, 3.63) is 75.4 Å². The van der Waals surface area contributed by atoms with Crippen molar-refractivity contribution in [1.82, 2.24) is 30.2 Å². The molecule has 2 aromatic heterocycles. The molecule has 0 unspecified atom stereocenters. The molecule has 0 aliphatic heterocycles. The summed E-state index contributed by atoms with van der Waals surface area (Å²) in [5, 5.41) is 11.5. The molecule has 2 N–H and O–H groups in total. The Labute approximate surface area is 200 Å². The Bertz CT molecular complexity index is 1380. The number of pyridine rings is 1. The lowest BCUT2D eigenvalue weighted by atomic mass is 10.1. The van der Waals surface area contributed by atoms with E-state index in [4.69, 9.17) is 11.6 Å². The molecule has 1 amide bonds. The standard InChI is InChI=1S/C24H24ClFN6O2/c1-3-31(4-2)10-9-27-23(33)15-5-7-17(8-6-15)32-14-22(29-30-32)18-11-16-12-20(26)19(25)13-21(16)28-24(18)34/h5-8,11-14H,3-4,9-10H2,1-2H3,(H,27,33)(H,28,34). The molecule has 2 aromatic carbocycles. The monoisotopic (exact) mass is 482 g/mol. The molecular weight excluding hydrogens is 459 g/mol. The van der Waals surface area contributed by atoms with Crippen molar-refractivity contribution < 1.29 is 9.18 Å². The van der Waals surface area contributed by atoms with Gasteiger partial charge < -0.3 is 15.2 Å². The summed E-state index contributed by atoms with van der Waals surface area (Å²) < 4.78 is 15.4. The average molecular weight is 483 g/mol. The van der Waals surface area contributed by atoms with Gasteiger partial charge in [0.15, 0.2) is 0 Å². The summed E-state index contributed by atoms with van der Waals surface area (Å²) in [6, 6.07) is 11.1. The van der Waals surface area contributed by atoms with Gasteiger partial charge >= 0.3 is 0 Å². The number of likely N-dealkylation sites (N-methyl/N-ethyl adjacent to an activating group) is 1. The van der Waals surface area contributed by atoms with E-state index in [1.165, 1.54) is 16.8 Å². The molecule has 4 rings (SSSR count). The van der Waals surface area contributed by atoms with Gasteiger partial charge in [0.05, 0.1) is 22.5 Å². The van der Waals surface area contributed by atoms with Crippen molar-refractivity contribution in [3.63, 3.8) is 0 Å². The molecule has 4 aromatic rings. The number of halogens is 2. The van der Waals surface area contributed by atoms with Crippen LogP contribution in [0.4, 0.5) is 4.39 Å². The van der Waals surface area contributed by atoms with E-state index in [-0.39, 0.29) is 22.1 Å². The Morgan fingerprint density at radius 1 is 1.18 bits per heavy atom. The quantitative estimate of drug-likeness (QED) is 0.400. The highest BCUT2D eigenvalue weighted by Crippen LogP contribution is 2.24. The van der Waals surface area contributed by atoms with Gasteiger partial charge in [-0.3, -0.25) is 9.59 Å². The van der Waals surface area contributed by atoms with E-state index in [0.29, 0.717) is 34.4 Å². The summed E-state index contributed by atoms with van der Waals surface area (Å²) in [7, 11) is 0. The molecule has 34 heavy (non-hydrogen) atoms. The highest BCUT2D eigenvalue weighted by Gasteiger charge is 2.13. The van der Waals surface area contributed by atoms with E-state index in [1.54, 1.807) is 36.5 Å². The number of hydrogen-bond donors (Lipinski definition) is 2. The number of nitrogens with one attached hydrogen (secondary N) is 2. The summed E-state index contributed by atoms with van der Waals surface area (Å²) in [6.45, 7) is 7.43. The minimum Gasteiger partial charge on any atom is -0.351 e. The Morgan fingerprint density at radius 3 is 2.62 bits per heavy atom. The second-order valence-corrected chi connectivity index (χ2v) is 8.15. The van der Waals surface area contributed by atoms with E-state index in [9.17, 15) is 14.0 Å². The number of carbonyl (C=O) groups is 1. The zero-order valence-electron chi connectivity index (χ0n) is 18.8. The summed E-state index contributed by atoms with van der Waals surface area (Å²) in [4.78, 5) is 29.9. The predicted octanol–water partition coefficient (Wildman–Crippen LogP) is 3.64. The minimum atomic E-state index is -0.576. The first-order valence-electron chi connectivity index (χ1n) is 11.0. The van der Waals surface area contributed by atoms with E-state index >= 15 is 0 Å². The lowest BCUT2D eigenvalue weighted by Crippen LogP contribution is -2.34. The van der Waals surface area contributed by atoms with Crippen LogP contribution in [0.25, 0.3) is 27.8 Å². The van der Waals surface area contributed by atoms with Crippen molar-refractivity contribution >= 4 is 28.4 Å². The number of nitrogens with zero attached hydrogens (tertiary/aromatic N) is 4. The average Bonchev–Trinajstić information content (AvgIpc) is 3.32. The topological polar surface area (TPSA) is 95.9 Å². The summed E-state index contributed by atoms with van der Waals surface area (Å²) in [5.41, 5.74) is 1.84. The van der Waals surface area contributed by atoms with Crippen LogP contribution in [0, 0.1) is 5.82 Å². The van der Waals surface area contributed by atoms with Crippen LogP contribution >= 0.6 is 11.6 Å². The summed E-state index contributed by atoms with van der Waals surface area (Å²) in [6.07, 6.45) is 1.60. The highest BCUT2D eigenvalue weighted by molar-refractivity contribution is 6.31. The van der Waals surface area contributed by atoms with Crippen molar-refractivity contribution in [2.75, 3.05) is 26.2 Å². The highest BCUT2D eigenvalue weighted by atomic mass is 35.5. The van der Waals surface area contributed by atoms with Gasteiger partial charge in [-0.25, -0.2) is 9.07 Å². The van der Waals surface area contributed by atoms with Gasteiger partial charge in [-0.1, -0.05) is 30.7 Å². The van der Waals surface area contributed by atoms with Crippen LogP contribution in [0.3, 0.4) is 0 Å². The fourth-order valence-corrected chi connectivity index (χ4v) is 3.80. The summed E-state index contributed by atoms with van der Waals surface area (Å²) in [5.74, 6) is -0.721. The molecule has 2 heterocycles. The Morgan fingerprint density at radius 2 is 1.91 bits per heavy atom. The maximum absolute atomic E-state index is 13.8. The molecule has 0 saturated heterocycles. The second-order valence-electron chi connectivity index (χ2n) is 7.74. The molecule has 0 aliphatic carbocycles. The first kappa shape index (κ1) is 23.6. The van der Waals surface area contributed by atoms with Crippen LogP contribution in [0.2, 0.25) is 5.02 Å². The Balaban J connectivity index is 1.50. The number of fused-ring (bicyclic) bond motifs is 1. The van der Waals surface area contributed by atoms with Gasteiger partial charge in [-0.2, -0.15) is 0 Å². The first-order valence-corrected chi connectivity index (χ1v) is 11.3.